The molecule has 1 aromatic heterocycles. The number of carbonyl (C=O) groups excluding carboxylic acids is 1. The molecule has 1 saturated heterocycles. The molecule has 5 heteroatoms. The third kappa shape index (κ3) is 3.68. The van der Waals surface area contributed by atoms with Crippen LogP contribution in [0.5, 0.6) is 0 Å². The zero-order valence-corrected chi connectivity index (χ0v) is 13.3. The van der Waals surface area contributed by atoms with Gasteiger partial charge in [0.1, 0.15) is 11.4 Å². The number of hydrogen-bond acceptors (Lipinski definition) is 5. The van der Waals surface area contributed by atoms with Gasteiger partial charge in [0.25, 0.3) is 0 Å². The van der Waals surface area contributed by atoms with Crippen molar-refractivity contribution in [1.82, 2.24) is 9.88 Å². The lowest BCUT2D eigenvalue weighted by molar-refractivity contribution is 0.0601. The number of methoxy groups -OCH3 is 1. The van der Waals surface area contributed by atoms with Crippen LogP contribution in [0.3, 0.4) is 0 Å². The average molecular weight is 311 g/mol. The number of piperazine rings is 1. The second-order valence-corrected chi connectivity index (χ2v) is 5.61. The number of hydrogen-bond donors (Lipinski definition) is 0. The summed E-state index contributed by atoms with van der Waals surface area (Å²) in [5, 5.41) is 0. The lowest BCUT2D eigenvalue weighted by Gasteiger charge is -2.36. The van der Waals surface area contributed by atoms with Crippen LogP contribution in [0.25, 0.3) is 0 Å². The van der Waals surface area contributed by atoms with E-state index in [4.69, 9.17) is 4.74 Å². The molecule has 0 aliphatic carbocycles. The molecule has 5 nitrogen and oxygen atoms in total. The minimum atomic E-state index is -0.334. The molecule has 0 N–H and O–H groups in total. The van der Waals surface area contributed by atoms with Gasteiger partial charge in [-0.2, -0.15) is 0 Å². The van der Waals surface area contributed by atoms with E-state index in [9.17, 15) is 4.79 Å². The molecule has 2 heterocycles. The minimum Gasteiger partial charge on any atom is -0.465 e. The SMILES string of the molecule is COC(=O)c1cccnc1N1CCN(Cc2ccccc2)CC1. The number of benzene rings is 1. The molecule has 120 valence electrons. The van der Waals surface area contributed by atoms with Gasteiger partial charge in [-0.05, 0) is 17.7 Å². The molecular weight excluding hydrogens is 290 g/mol. The Morgan fingerprint density at radius 3 is 2.52 bits per heavy atom. The van der Waals surface area contributed by atoms with Crippen LogP contribution in [0.1, 0.15) is 15.9 Å². The molecule has 0 amide bonds. The van der Waals surface area contributed by atoms with Crippen molar-refractivity contribution in [2.45, 2.75) is 6.54 Å². The van der Waals surface area contributed by atoms with Crippen molar-refractivity contribution in [1.29, 1.82) is 0 Å². The molecule has 3 rings (SSSR count). The van der Waals surface area contributed by atoms with E-state index in [1.807, 2.05) is 6.07 Å². The Kier molecular flexibility index (Phi) is 4.88. The van der Waals surface area contributed by atoms with E-state index in [1.165, 1.54) is 12.7 Å². The van der Waals surface area contributed by atoms with Crippen molar-refractivity contribution in [3.63, 3.8) is 0 Å². The normalized spacial score (nSPS) is 15.4. The summed E-state index contributed by atoms with van der Waals surface area (Å²) in [6.45, 7) is 4.57. The number of carbonyl (C=O) groups is 1. The maximum Gasteiger partial charge on any atom is 0.341 e. The van der Waals surface area contributed by atoms with Gasteiger partial charge in [-0.3, -0.25) is 4.90 Å². The smallest absolute Gasteiger partial charge is 0.341 e. The van der Waals surface area contributed by atoms with Crippen LogP contribution in [0.4, 0.5) is 5.82 Å². The first-order valence-electron chi connectivity index (χ1n) is 7.82. The highest BCUT2D eigenvalue weighted by atomic mass is 16.5. The van der Waals surface area contributed by atoms with E-state index >= 15 is 0 Å². The summed E-state index contributed by atoms with van der Waals surface area (Å²) in [7, 11) is 1.40. The zero-order valence-electron chi connectivity index (χ0n) is 13.3. The van der Waals surface area contributed by atoms with E-state index in [1.54, 1.807) is 18.3 Å². The Bertz CT molecular complexity index is 652. The number of rotatable bonds is 4. The van der Waals surface area contributed by atoms with Crippen LogP contribution in [-0.4, -0.2) is 49.1 Å². The summed E-state index contributed by atoms with van der Waals surface area (Å²) < 4.78 is 4.85. The highest BCUT2D eigenvalue weighted by Crippen LogP contribution is 2.20. The van der Waals surface area contributed by atoms with E-state index in [0.29, 0.717) is 5.56 Å². The number of ether oxygens (including phenoxy) is 1. The van der Waals surface area contributed by atoms with Crippen LogP contribution < -0.4 is 4.90 Å². The molecule has 1 aliphatic rings. The van der Waals surface area contributed by atoms with Crippen LogP contribution in [0.15, 0.2) is 48.7 Å². The molecule has 23 heavy (non-hydrogen) atoms. The molecule has 0 saturated carbocycles. The fraction of sp³-hybridized carbons (Fsp3) is 0.333. The first-order chi connectivity index (χ1) is 11.3. The largest absolute Gasteiger partial charge is 0.465 e. The van der Waals surface area contributed by atoms with Crippen molar-refractivity contribution in [2.24, 2.45) is 0 Å². The second-order valence-electron chi connectivity index (χ2n) is 5.61. The number of pyridine rings is 1. The van der Waals surface area contributed by atoms with Gasteiger partial charge in [-0.1, -0.05) is 30.3 Å². The summed E-state index contributed by atoms with van der Waals surface area (Å²) in [6.07, 6.45) is 1.72. The van der Waals surface area contributed by atoms with Crippen molar-refractivity contribution >= 4 is 11.8 Å². The van der Waals surface area contributed by atoms with Gasteiger partial charge in [0.05, 0.1) is 7.11 Å². The summed E-state index contributed by atoms with van der Waals surface area (Å²) in [4.78, 5) is 20.9. The standard InChI is InChI=1S/C18H21N3O2/c1-23-18(22)16-8-5-9-19-17(16)21-12-10-20(11-13-21)14-15-6-3-2-4-7-15/h2-9H,10-14H2,1H3. The summed E-state index contributed by atoms with van der Waals surface area (Å²) in [6, 6.07) is 14.0. The maximum atomic E-state index is 11.9. The van der Waals surface area contributed by atoms with E-state index < -0.39 is 0 Å². The summed E-state index contributed by atoms with van der Waals surface area (Å²) in [5.41, 5.74) is 1.86. The summed E-state index contributed by atoms with van der Waals surface area (Å²) in [5.74, 6) is 0.388. The Labute approximate surface area is 136 Å². The van der Waals surface area contributed by atoms with Gasteiger partial charge in [0, 0.05) is 38.9 Å². The van der Waals surface area contributed by atoms with Gasteiger partial charge >= 0.3 is 5.97 Å². The molecule has 0 unspecified atom stereocenters. The van der Waals surface area contributed by atoms with E-state index in [2.05, 4.69) is 39.0 Å². The first kappa shape index (κ1) is 15.5. The first-order valence-corrected chi connectivity index (χ1v) is 7.82. The maximum absolute atomic E-state index is 11.9. The van der Waals surface area contributed by atoms with Gasteiger partial charge in [0.2, 0.25) is 0 Å². The van der Waals surface area contributed by atoms with E-state index in [0.717, 1.165) is 38.5 Å². The number of anilines is 1. The Balaban J connectivity index is 1.64. The molecule has 0 bridgehead atoms. The third-order valence-corrected chi connectivity index (χ3v) is 4.11. The van der Waals surface area contributed by atoms with Crippen molar-refractivity contribution in [3.05, 3.63) is 59.8 Å². The Morgan fingerprint density at radius 1 is 1.09 bits per heavy atom. The van der Waals surface area contributed by atoms with Crippen LogP contribution >= 0.6 is 0 Å². The average Bonchev–Trinajstić information content (AvgIpc) is 2.62. The predicted octanol–water partition coefficient (Wildman–Crippen LogP) is 2.19. The fourth-order valence-corrected chi connectivity index (χ4v) is 2.88. The molecule has 1 aromatic carbocycles. The monoisotopic (exact) mass is 311 g/mol. The highest BCUT2D eigenvalue weighted by Gasteiger charge is 2.22. The Hall–Kier alpha value is -2.40. The van der Waals surface area contributed by atoms with Crippen LogP contribution in [-0.2, 0) is 11.3 Å². The highest BCUT2D eigenvalue weighted by molar-refractivity contribution is 5.94. The molecule has 0 spiro atoms. The molecule has 0 atom stereocenters. The van der Waals surface area contributed by atoms with Gasteiger partial charge in [-0.25, -0.2) is 9.78 Å². The quantitative estimate of drug-likeness (QED) is 0.810. The van der Waals surface area contributed by atoms with Crippen LogP contribution in [0, 0.1) is 0 Å². The molecule has 1 aliphatic heterocycles. The molecule has 2 aromatic rings. The third-order valence-electron chi connectivity index (χ3n) is 4.11. The number of aromatic nitrogens is 1. The lowest BCUT2D eigenvalue weighted by atomic mass is 10.2. The number of nitrogens with zero attached hydrogens (tertiary/aromatic N) is 3. The minimum absolute atomic E-state index is 0.334. The van der Waals surface area contributed by atoms with E-state index in [-0.39, 0.29) is 5.97 Å². The van der Waals surface area contributed by atoms with Gasteiger partial charge < -0.3 is 9.64 Å². The van der Waals surface area contributed by atoms with Crippen molar-refractivity contribution < 1.29 is 9.53 Å². The molecule has 0 radical (unpaired) electrons. The van der Waals surface area contributed by atoms with Gasteiger partial charge in [-0.15, -0.1) is 0 Å². The Morgan fingerprint density at radius 2 is 1.83 bits per heavy atom. The zero-order chi connectivity index (χ0) is 16.1. The number of esters is 1. The topological polar surface area (TPSA) is 45.7 Å². The molecular formula is C18H21N3O2. The van der Waals surface area contributed by atoms with Gasteiger partial charge in [0.15, 0.2) is 0 Å². The fourth-order valence-electron chi connectivity index (χ4n) is 2.88. The van der Waals surface area contributed by atoms with Crippen molar-refractivity contribution in [3.8, 4) is 0 Å². The second kappa shape index (κ2) is 7.24. The summed E-state index contributed by atoms with van der Waals surface area (Å²) >= 11 is 0. The van der Waals surface area contributed by atoms with Crippen LogP contribution in [0.2, 0.25) is 0 Å². The predicted molar refractivity (Wildman–Crippen MR) is 89.5 cm³/mol. The van der Waals surface area contributed by atoms with Crippen molar-refractivity contribution in [2.75, 3.05) is 38.2 Å². The molecule has 1 fully saturated rings. The lowest BCUT2D eigenvalue weighted by Crippen LogP contribution is -2.46.